The van der Waals surface area contributed by atoms with Crippen LogP contribution in [-0.2, 0) is 0 Å². The summed E-state index contributed by atoms with van der Waals surface area (Å²) >= 11 is 0. The lowest BCUT2D eigenvalue weighted by Crippen LogP contribution is -2.44. The van der Waals surface area contributed by atoms with Crippen molar-refractivity contribution in [3.05, 3.63) is 0 Å². The summed E-state index contributed by atoms with van der Waals surface area (Å²) in [4.78, 5) is 7.98. The molecule has 0 saturated heterocycles. The minimum atomic E-state index is 0.280. The Kier molecular flexibility index (Phi) is 2.30. The van der Waals surface area contributed by atoms with Crippen LogP contribution in [0, 0.1) is 0 Å². The van der Waals surface area contributed by atoms with Gasteiger partial charge in [-0.3, -0.25) is 15.3 Å². The molecule has 0 saturated carbocycles. The molecule has 0 aromatic heterocycles. The lowest BCUT2D eigenvalue weighted by molar-refractivity contribution is 0.677. The van der Waals surface area contributed by atoms with E-state index < -0.39 is 0 Å². The number of aliphatic imine (C=N–C) groups is 2. The molecule has 11 heavy (non-hydrogen) atoms. The summed E-state index contributed by atoms with van der Waals surface area (Å²) in [5.41, 5.74) is 5.48. The summed E-state index contributed by atoms with van der Waals surface area (Å²) in [6.07, 6.45) is 0. The fourth-order valence-corrected chi connectivity index (χ4v) is 0.832. The van der Waals surface area contributed by atoms with Crippen LogP contribution in [0.5, 0.6) is 0 Å². The number of nitrogens with one attached hydrogen (secondary N) is 2. The lowest BCUT2D eigenvalue weighted by Gasteiger charge is -2.10. The molecule has 4 N–H and O–H groups in total. The first-order valence-corrected chi connectivity index (χ1v) is 3.52. The van der Waals surface area contributed by atoms with Gasteiger partial charge in [0.05, 0.1) is 6.54 Å². The molecule has 0 fully saturated rings. The van der Waals surface area contributed by atoms with Crippen molar-refractivity contribution in [2.24, 2.45) is 15.7 Å². The zero-order valence-electron chi connectivity index (χ0n) is 6.76. The molecular formula is C6H13N5. The van der Waals surface area contributed by atoms with Crippen LogP contribution in [0.2, 0.25) is 0 Å². The van der Waals surface area contributed by atoms with E-state index in [1.165, 1.54) is 0 Å². The maximum atomic E-state index is 5.48. The van der Waals surface area contributed by atoms with Crippen molar-refractivity contribution >= 4 is 11.9 Å². The smallest absolute Gasteiger partial charge is 0.198 e. The van der Waals surface area contributed by atoms with Crippen LogP contribution in [0.1, 0.15) is 6.92 Å². The Morgan fingerprint density at radius 3 is 3.09 bits per heavy atom. The first kappa shape index (κ1) is 7.84. The summed E-state index contributed by atoms with van der Waals surface area (Å²) in [5, 5.41) is 5.93. The van der Waals surface area contributed by atoms with Gasteiger partial charge < -0.3 is 11.1 Å². The predicted octanol–water partition coefficient (Wildman–Crippen LogP) is -1.13. The second-order valence-corrected chi connectivity index (χ2v) is 2.47. The molecule has 0 aliphatic carbocycles. The van der Waals surface area contributed by atoms with Gasteiger partial charge in [0.1, 0.15) is 0 Å². The molecule has 5 heteroatoms. The van der Waals surface area contributed by atoms with Crippen LogP contribution in [0.4, 0.5) is 0 Å². The number of rotatable bonds is 0. The van der Waals surface area contributed by atoms with Gasteiger partial charge >= 0.3 is 0 Å². The van der Waals surface area contributed by atoms with Crippen molar-refractivity contribution < 1.29 is 0 Å². The van der Waals surface area contributed by atoms with Gasteiger partial charge in [-0.25, -0.2) is 0 Å². The summed E-state index contributed by atoms with van der Waals surface area (Å²) in [5.74, 6) is 1.10. The number of hydrogen-bond donors (Lipinski definition) is 3. The summed E-state index contributed by atoms with van der Waals surface area (Å²) in [6, 6.07) is 0.280. The fourth-order valence-electron chi connectivity index (χ4n) is 0.832. The maximum absolute atomic E-state index is 5.48. The van der Waals surface area contributed by atoms with E-state index in [0.29, 0.717) is 18.5 Å². The lowest BCUT2D eigenvalue weighted by atomic mass is 10.3. The van der Waals surface area contributed by atoms with Gasteiger partial charge in [-0.15, -0.1) is 0 Å². The molecule has 1 aliphatic rings. The Hall–Kier alpha value is -1.26. The molecule has 0 aromatic carbocycles. The Morgan fingerprint density at radius 2 is 2.45 bits per heavy atom. The molecular weight excluding hydrogens is 142 g/mol. The number of nitrogens with zero attached hydrogens (tertiary/aromatic N) is 2. The van der Waals surface area contributed by atoms with Crippen LogP contribution >= 0.6 is 0 Å². The fraction of sp³-hybridized carbons (Fsp3) is 0.667. The van der Waals surface area contributed by atoms with Crippen LogP contribution in [0.15, 0.2) is 9.98 Å². The van der Waals surface area contributed by atoms with Crippen molar-refractivity contribution in [2.75, 3.05) is 13.6 Å². The normalized spacial score (nSPS) is 28.4. The van der Waals surface area contributed by atoms with E-state index >= 15 is 0 Å². The second kappa shape index (κ2) is 3.23. The number of nitrogens with two attached hydrogens (primary N) is 1. The van der Waals surface area contributed by atoms with E-state index in [1.807, 2.05) is 6.92 Å². The molecule has 0 aromatic rings. The number of hydrogen-bond acceptors (Lipinski definition) is 3. The molecule has 1 heterocycles. The summed E-state index contributed by atoms with van der Waals surface area (Å²) in [7, 11) is 1.70. The SMILES string of the molecule is CN=C1NC(N)=NCC(C)N1. The molecule has 1 aliphatic heterocycles. The Labute approximate surface area is 65.8 Å². The Bertz CT molecular complexity index is 195. The highest BCUT2D eigenvalue weighted by molar-refractivity contribution is 5.98. The minimum absolute atomic E-state index is 0.280. The molecule has 0 radical (unpaired) electrons. The first-order chi connectivity index (χ1) is 5.22. The third kappa shape index (κ3) is 2.10. The highest BCUT2D eigenvalue weighted by Crippen LogP contribution is 1.86. The highest BCUT2D eigenvalue weighted by atomic mass is 15.3. The average molecular weight is 155 g/mol. The van der Waals surface area contributed by atoms with E-state index in [0.717, 1.165) is 0 Å². The van der Waals surface area contributed by atoms with Crippen molar-refractivity contribution in [1.82, 2.24) is 10.6 Å². The molecule has 1 rings (SSSR count). The standard InChI is InChI=1S/C6H13N5/c1-4-3-9-5(7)11-6(8-2)10-4/h4H,3H2,1-2H3,(H4,7,8,9,10,11). The largest absolute Gasteiger partial charge is 0.370 e. The van der Waals surface area contributed by atoms with Crippen LogP contribution in [-0.4, -0.2) is 31.6 Å². The van der Waals surface area contributed by atoms with Crippen LogP contribution in [0.25, 0.3) is 0 Å². The van der Waals surface area contributed by atoms with Crippen molar-refractivity contribution in [1.29, 1.82) is 0 Å². The third-order valence-electron chi connectivity index (χ3n) is 1.39. The van der Waals surface area contributed by atoms with Gasteiger partial charge in [0.15, 0.2) is 11.9 Å². The monoisotopic (exact) mass is 155 g/mol. The van der Waals surface area contributed by atoms with Crippen LogP contribution in [0.3, 0.4) is 0 Å². The Morgan fingerprint density at radius 1 is 1.73 bits per heavy atom. The third-order valence-corrected chi connectivity index (χ3v) is 1.39. The van der Waals surface area contributed by atoms with Crippen molar-refractivity contribution in [3.8, 4) is 0 Å². The van der Waals surface area contributed by atoms with Crippen LogP contribution < -0.4 is 16.4 Å². The second-order valence-electron chi connectivity index (χ2n) is 2.47. The zero-order chi connectivity index (χ0) is 8.27. The summed E-state index contributed by atoms with van der Waals surface area (Å²) in [6.45, 7) is 2.70. The maximum Gasteiger partial charge on any atom is 0.198 e. The van der Waals surface area contributed by atoms with E-state index in [-0.39, 0.29) is 6.04 Å². The van der Waals surface area contributed by atoms with Gasteiger partial charge in [-0.05, 0) is 6.92 Å². The van der Waals surface area contributed by atoms with E-state index in [9.17, 15) is 0 Å². The van der Waals surface area contributed by atoms with Gasteiger partial charge in [0.25, 0.3) is 0 Å². The average Bonchev–Trinajstić information content (AvgIpc) is 2.13. The van der Waals surface area contributed by atoms with Gasteiger partial charge in [0, 0.05) is 13.1 Å². The first-order valence-electron chi connectivity index (χ1n) is 3.52. The quantitative estimate of drug-likeness (QED) is 0.414. The minimum Gasteiger partial charge on any atom is -0.370 e. The van der Waals surface area contributed by atoms with E-state index in [2.05, 4.69) is 20.6 Å². The van der Waals surface area contributed by atoms with Crippen molar-refractivity contribution in [2.45, 2.75) is 13.0 Å². The van der Waals surface area contributed by atoms with Crippen molar-refractivity contribution in [3.63, 3.8) is 0 Å². The van der Waals surface area contributed by atoms with E-state index in [4.69, 9.17) is 5.73 Å². The molecule has 0 amide bonds. The molecule has 62 valence electrons. The topological polar surface area (TPSA) is 74.8 Å². The zero-order valence-corrected chi connectivity index (χ0v) is 6.76. The number of guanidine groups is 2. The van der Waals surface area contributed by atoms with Gasteiger partial charge in [-0.2, -0.15) is 0 Å². The molecule has 0 bridgehead atoms. The van der Waals surface area contributed by atoms with E-state index in [1.54, 1.807) is 7.05 Å². The predicted molar refractivity (Wildman–Crippen MR) is 45.6 cm³/mol. The molecule has 1 unspecified atom stereocenters. The summed E-state index contributed by atoms with van der Waals surface area (Å²) < 4.78 is 0. The molecule has 1 atom stereocenters. The molecule has 0 spiro atoms. The Balaban J connectivity index is 2.68. The van der Waals surface area contributed by atoms with Gasteiger partial charge in [-0.1, -0.05) is 0 Å². The van der Waals surface area contributed by atoms with Gasteiger partial charge in [0.2, 0.25) is 0 Å². The highest BCUT2D eigenvalue weighted by Gasteiger charge is 2.09. The molecule has 5 nitrogen and oxygen atoms in total.